The Morgan fingerprint density at radius 3 is 3.07 bits per heavy atom. The van der Waals surface area contributed by atoms with Gasteiger partial charge in [0, 0.05) is 42.8 Å². The van der Waals surface area contributed by atoms with E-state index in [2.05, 4.69) is 25.7 Å². The molecule has 146 valence electrons. The minimum absolute atomic E-state index is 0.00661. The lowest BCUT2D eigenvalue weighted by molar-refractivity contribution is -0.120. The van der Waals surface area contributed by atoms with Gasteiger partial charge in [0.2, 0.25) is 5.91 Å². The van der Waals surface area contributed by atoms with Gasteiger partial charge >= 0.3 is 0 Å². The Balaban J connectivity index is 1.27. The van der Waals surface area contributed by atoms with Crippen molar-refractivity contribution in [3.8, 4) is 0 Å². The van der Waals surface area contributed by atoms with Gasteiger partial charge in [-0.2, -0.15) is 0 Å². The molecule has 0 radical (unpaired) electrons. The van der Waals surface area contributed by atoms with Crippen LogP contribution in [0.1, 0.15) is 24.3 Å². The number of pyridine rings is 1. The number of hydrogen-bond donors (Lipinski definition) is 3. The summed E-state index contributed by atoms with van der Waals surface area (Å²) in [5.41, 5.74) is 6.97. The maximum Gasteiger partial charge on any atom is 0.239 e. The fourth-order valence-corrected chi connectivity index (χ4v) is 3.68. The highest BCUT2D eigenvalue weighted by Crippen LogP contribution is 2.32. The maximum atomic E-state index is 13.5. The van der Waals surface area contributed by atoms with Crippen LogP contribution in [-0.2, 0) is 4.79 Å². The fourth-order valence-electron chi connectivity index (χ4n) is 3.68. The first-order valence-electron chi connectivity index (χ1n) is 9.24. The van der Waals surface area contributed by atoms with E-state index in [0.717, 1.165) is 30.4 Å². The van der Waals surface area contributed by atoms with Crippen LogP contribution in [0, 0.1) is 11.6 Å². The summed E-state index contributed by atoms with van der Waals surface area (Å²) < 4.78 is 26.8. The van der Waals surface area contributed by atoms with E-state index in [4.69, 9.17) is 0 Å². The highest BCUT2D eigenvalue weighted by atomic mass is 19.1. The predicted octanol–water partition coefficient (Wildman–Crippen LogP) is 3.16. The highest BCUT2D eigenvalue weighted by Gasteiger charge is 2.26. The first-order valence-corrected chi connectivity index (χ1v) is 9.24. The molecule has 2 aromatic heterocycles. The summed E-state index contributed by atoms with van der Waals surface area (Å²) in [6, 6.07) is 7.55. The van der Waals surface area contributed by atoms with Gasteiger partial charge in [-0.15, -0.1) is 0 Å². The SMILES string of the molecule is O=C(CCN1CCC(c2c[nH]c3cc(F)ccc23)C1)NNc1ncccc1F. The van der Waals surface area contributed by atoms with E-state index in [9.17, 15) is 13.6 Å². The minimum Gasteiger partial charge on any atom is -0.361 e. The van der Waals surface area contributed by atoms with Gasteiger partial charge in [0.25, 0.3) is 0 Å². The monoisotopic (exact) mass is 385 g/mol. The number of H-pyrrole nitrogens is 1. The summed E-state index contributed by atoms with van der Waals surface area (Å²) in [4.78, 5) is 21.2. The Morgan fingerprint density at radius 1 is 1.32 bits per heavy atom. The molecule has 3 N–H and O–H groups in total. The van der Waals surface area contributed by atoms with Gasteiger partial charge in [-0.05, 0) is 54.8 Å². The van der Waals surface area contributed by atoms with E-state index in [1.165, 1.54) is 36.0 Å². The fraction of sp³-hybridized carbons (Fsp3) is 0.300. The average Bonchev–Trinajstić information content (AvgIpc) is 3.32. The van der Waals surface area contributed by atoms with Crippen LogP contribution in [-0.4, -0.2) is 40.4 Å². The molecule has 1 amide bonds. The normalized spacial score (nSPS) is 17.1. The predicted molar refractivity (Wildman–Crippen MR) is 103 cm³/mol. The Morgan fingerprint density at radius 2 is 2.21 bits per heavy atom. The Labute approximate surface area is 160 Å². The third kappa shape index (κ3) is 3.96. The number of rotatable bonds is 6. The number of benzene rings is 1. The van der Waals surface area contributed by atoms with Crippen molar-refractivity contribution in [2.45, 2.75) is 18.8 Å². The first kappa shape index (κ1) is 18.4. The molecule has 6 nitrogen and oxygen atoms in total. The molecule has 1 aliphatic heterocycles. The molecule has 28 heavy (non-hydrogen) atoms. The lowest BCUT2D eigenvalue weighted by Crippen LogP contribution is -2.33. The molecule has 0 bridgehead atoms. The molecular formula is C20H21F2N5O. The number of hydrogen-bond acceptors (Lipinski definition) is 4. The number of aromatic nitrogens is 2. The zero-order valence-electron chi connectivity index (χ0n) is 15.2. The average molecular weight is 385 g/mol. The van der Waals surface area contributed by atoms with E-state index >= 15 is 0 Å². The minimum atomic E-state index is -0.524. The molecule has 4 rings (SSSR count). The number of carbonyl (C=O) groups excluding carboxylic acids is 1. The van der Waals surface area contributed by atoms with Gasteiger partial charge in [-0.3, -0.25) is 15.6 Å². The van der Waals surface area contributed by atoms with E-state index < -0.39 is 5.82 Å². The number of anilines is 1. The van der Waals surface area contributed by atoms with Crippen LogP contribution in [0.2, 0.25) is 0 Å². The van der Waals surface area contributed by atoms with Crippen molar-refractivity contribution < 1.29 is 13.6 Å². The summed E-state index contributed by atoms with van der Waals surface area (Å²) in [5.74, 6) is -0.658. The van der Waals surface area contributed by atoms with Gasteiger partial charge in [0.1, 0.15) is 5.82 Å². The summed E-state index contributed by atoms with van der Waals surface area (Å²) in [5, 5.41) is 1.05. The molecule has 1 aromatic carbocycles. The number of fused-ring (bicyclic) bond motifs is 1. The summed E-state index contributed by atoms with van der Waals surface area (Å²) in [7, 11) is 0. The van der Waals surface area contributed by atoms with Crippen LogP contribution in [0.25, 0.3) is 10.9 Å². The molecular weight excluding hydrogens is 364 g/mol. The third-order valence-electron chi connectivity index (χ3n) is 5.12. The van der Waals surface area contributed by atoms with Gasteiger partial charge in [0.15, 0.2) is 11.6 Å². The topological polar surface area (TPSA) is 73.1 Å². The van der Waals surface area contributed by atoms with Crippen molar-refractivity contribution in [2.24, 2.45) is 0 Å². The maximum absolute atomic E-state index is 13.5. The van der Waals surface area contributed by atoms with Crippen LogP contribution in [0.5, 0.6) is 0 Å². The zero-order chi connectivity index (χ0) is 19.5. The van der Waals surface area contributed by atoms with E-state index in [1.54, 1.807) is 0 Å². The molecule has 0 saturated carbocycles. The number of aromatic amines is 1. The van der Waals surface area contributed by atoms with E-state index in [0.29, 0.717) is 18.9 Å². The first-order chi connectivity index (χ1) is 13.6. The second kappa shape index (κ2) is 7.93. The Bertz CT molecular complexity index is 990. The largest absolute Gasteiger partial charge is 0.361 e. The van der Waals surface area contributed by atoms with Crippen LogP contribution < -0.4 is 10.9 Å². The van der Waals surface area contributed by atoms with Crippen LogP contribution in [0.15, 0.2) is 42.7 Å². The van der Waals surface area contributed by atoms with Gasteiger partial charge in [-0.1, -0.05) is 0 Å². The smallest absolute Gasteiger partial charge is 0.239 e. The van der Waals surface area contributed by atoms with Gasteiger partial charge in [0.05, 0.1) is 0 Å². The lowest BCUT2D eigenvalue weighted by Gasteiger charge is -2.16. The Kier molecular flexibility index (Phi) is 5.21. The van der Waals surface area contributed by atoms with Crippen molar-refractivity contribution >= 4 is 22.6 Å². The van der Waals surface area contributed by atoms with Crippen LogP contribution in [0.4, 0.5) is 14.6 Å². The summed E-state index contributed by atoms with van der Waals surface area (Å²) >= 11 is 0. The number of nitrogens with one attached hydrogen (secondary N) is 3. The molecule has 1 unspecified atom stereocenters. The quantitative estimate of drug-likeness (QED) is 0.570. The molecule has 8 heteroatoms. The van der Waals surface area contributed by atoms with Crippen molar-refractivity contribution in [3.05, 3.63) is 59.9 Å². The number of halogens is 2. The molecule has 1 aliphatic rings. The number of nitrogens with zero attached hydrogens (tertiary/aromatic N) is 2. The molecule has 1 saturated heterocycles. The number of amides is 1. The molecule has 3 heterocycles. The van der Waals surface area contributed by atoms with E-state index in [1.807, 2.05) is 12.3 Å². The highest BCUT2D eigenvalue weighted by molar-refractivity contribution is 5.83. The van der Waals surface area contributed by atoms with Crippen molar-refractivity contribution in [3.63, 3.8) is 0 Å². The number of likely N-dealkylation sites (tertiary alicyclic amines) is 1. The second-order valence-corrected chi connectivity index (χ2v) is 6.98. The molecule has 1 atom stereocenters. The third-order valence-corrected chi connectivity index (χ3v) is 5.12. The second-order valence-electron chi connectivity index (χ2n) is 6.98. The molecule has 0 aliphatic carbocycles. The van der Waals surface area contributed by atoms with Crippen LogP contribution in [0.3, 0.4) is 0 Å². The lowest BCUT2D eigenvalue weighted by atomic mass is 9.98. The summed E-state index contributed by atoms with van der Waals surface area (Å²) in [6.07, 6.45) is 4.69. The van der Waals surface area contributed by atoms with Crippen molar-refractivity contribution in [1.29, 1.82) is 0 Å². The molecule has 1 fully saturated rings. The summed E-state index contributed by atoms with van der Waals surface area (Å²) in [6.45, 7) is 2.36. The van der Waals surface area contributed by atoms with Crippen LogP contribution >= 0.6 is 0 Å². The Hall–Kier alpha value is -3.00. The standard InChI is InChI=1S/C20H21F2N5O/c21-14-3-4-15-16(11-24-18(15)10-14)13-5-8-27(12-13)9-6-19(28)25-26-20-17(22)2-1-7-23-20/h1-4,7,10-11,13,24H,5-6,8-9,12H2,(H,23,26)(H,25,28). The molecule has 0 spiro atoms. The van der Waals surface area contributed by atoms with Crippen molar-refractivity contribution in [2.75, 3.05) is 25.1 Å². The number of carbonyl (C=O) groups is 1. The van der Waals surface area contributed by atoms with Gasteiger partial charge in [-0.25, -0.2) is 13.8 Å². The number of hydrazine groups is 1. The zero-order valence-corrected chi connectivity index (χ0v) is 15.2. The van der Waals surface area contributed by atoms with Crippen molar-refractivity contribution in [1.82, 2.24) is 20.3 Å². The molecule has 3 aromatic rings. The van der Waals surface area contributed by atoms with E-state index in [-0.39, 0.29) is 17.5 Å². The van der Waals surface area contributed by atoms with Gasteiger partial charge < -0.3 is 9.88 Å².